The van der Waals surface area contributed by atoms with Crippen molar-refractivity contribution >= 4 is 5.91 Å². The number of hydrogen-bond acceptors (Lipinski definition) is 4. The van der Waals surface area contributed by atoms with E-state index >= 15 is 0 Å². The molecule has 1 aliphatic rings. The summed E-state index contributed by atoms with van der Waals surface area (Å²) in [5.41, 5.74) is 1.45. The lowest BCUT2D eigenvalue weighted by molar-refractivity contribution is -0.121. The van der Waals surface area contributed by atoms with Crippen molar-refractivity contribution in [2.75, 3.05) is 13.1 Å². The highest BCUT2D eigenvalue weighted by molar-refractivity contribution is 5.75. The van der Waals surface area contributed by atoms with E-state index in [-0.39, 0.29) is 18.0 Å². The highest BCUT2D eigenvalue weighted by Crippen LogP contribution is 2.05. The van der Waals surface area contributed by atoms with E-state index in [0.29, 0.717) is 19.5 Å². The van der Waals surface area contributed by atoms with Crippen molar-refractivity contribution in [1.82, 2.24) is 20.2 Å². The summed E-state index contributed by atoms with van der Waals surface area (Å²) in [7, 11) is 0. The molecule has 6 heteroatoms. The number of nitrogens with zero attached hydrogens (tertiary/aromatic N) is 2. The summed E-state index contributed by atoms with van der Waals surface area (Å²) >= 11 is 0. The number of hydrogen-bond donors (Lipinski definition) is 2. The van der Waals surface area contributed by atoms with Gasteiger partial charge in [0.15, 0.2) is 0 Å². The highest BCUT2D eigenvalue weighted by atomic mass is 16.2. The molecule has 2 rings (SSSR count). The Balaban J connectivity index is 2.14. The number of rotatable bonds is 4. The van der Waals surface area contributed by atoms with E-state index in [2.05, 4.69) is 15.6 Å². The van der Waals surface area contributed by atoms with Crippen molar-refractivity contribution in [3.63, 3.8) is 0 Å². The predicted octanol–water partition coefficient (Wildman–Crippen LogP) is -0.585. The van der Waals surface area contributed by atoms with E-state index in [1.165, 1.54) is 10.9 Å². The van der Waals surface area contributed by atoms with Crippen LogP contribution in [0.4, 0.5) is 0 Å². The van der Waals surface area contributed by atoms with Crippen molar-refractivity contribution < 1.29 is 4.79 Å². The molecule has 1 amide bonds. The Hall–Kier alpha value is -1.69. The van der Waals surface area contributed by atoms with Gasteiger partial charge in [-0.15, -0.1) is 0 Å². The van der Waals surface area contributed by atoms with Crippen LogP contribution >= 0.6 is 0 Å². The van der Waals surface area contributed by atoms with Crippen molar-refractivity contribution in [3.05, 3.63) is 27.9 Å². The second-order valence-electron chi connectivity index (χ2n) is 4.38. The Labute approximate surface area is 105 Å². The molecule has 0 spiro atoms. The van der Waals surface area contributed by atoms with Gasteiger partial charge in [0, 0.05) is 18.7 Å². The van der Waals surface area contributed by atoms with Gasteiger partial charge in [-0.05, 0) is 19.4 Å². The SMILES string of the molecule is CCCNC(=O)Cn1cnc2c(c1=O)CCNC2. The second-order valence-corrected chi connectivity index (χ2v) is 4.38. The third-order valence-corrected chi connectivity index (χ3v) is 2.95. The van der Waals surface area contributed by atoms with Crippen LogP contribution in [0.15, 0.2) is 11.1 Å². The Kier molecular flexibility index (Phi) is 4.09. The summed E-state index contributed by atoms with van der Waals surface area (Å²) in [6, 6.07) is 0. The molecule has 2 N–H and O–H groups in total. The minimum atomic E-state index is -0.144. The van der Waals surface area contributed by atoms with Crippen molar-refractivity contribution in [2.24, 2.45) is 0 Å². The van der Waals surface area contributed by atoms with Gasteiger partial charge >= 0.3 is 0 Å². The molecule has 0 unspecified atom stereocenters. The molecule has 2 heterocycles. The predicted molar refractivity (Wildman–Crippen MR) is 67.2 cm³/mol. The summed E-state index contributed by atoms with van der Waals surface area (Å²) < 4.78 is 1.38. The van der Waals surface area contributed by atoms with Crippen LogP contribution in [-0.2, 0) is 24.3 Å². The van der Waals surface area contributed by atoms with E-state index in [1.54, 1.807) is 0 Å². The molecule has 0 saturated carbocycles. The van der Waals surface area contributed by atoms with Crippen LogP contribution in [0.5, 0.6) is 0 Å². The lowest BCUT2D eigenvalue weighted by atomic mass is 10.1. The molecule has 1 aliphatic heterocycles. The number of fused-ring (bicyclic) bond motifs is 1. The Morgan fingerprint density at radius 3 is 3.22 bits per heavy atom. The first-order valence-corrected chi connectivity index (χ1v) is 6.27. The lowest BCUT2D eigenvalue weighted by Crippen LogP contribution is -2.37. The Morgan fingerprint density at radius 2 is 2.44 bits per heavy atom. The summed E-state index contributed by atoms with van der Waals surface area (Å²) in [4.78, 5) is 28.0. The summed E-state index contributed by atoms with van der Waals surface area (Å²) in [6.07, 6.45) is 3.02. The molecule has 18 heavy (non-hydrogen) atoms. The molecule has 1 aromatic heterocycles. The second kappa shape index (κ2) is 5.77. The first kappa shape index (κ1) is 12.8. The van der Waals surface area contributed by atoms with E-state index < -0.39 is 0 Å². The fourth-order valence-corrected chi connectivity index (χ4v) is 1.98. The smallest absolute Gasteiger partial charge is 0.257 e. The largest absolute Gasteiger partial charge is 0.355 e. The maximum Gasteiger partial charge on any atom is 0.257 e. The van der Waals surface area contributed by atoms with Crippen LogP contribution in [0, 0.1) is 0 Å². The highest BCUT2D eigenvalue weighted by Gasteiger charge is 2.16. The molecule has 0 fully saturated rings. The van der Waals surface area contributed by atoms with Crippen LogP contribution in [0.2, 0.25) is 0 Å². The molecule has 98 valence electrons. The number of carbonyl (C=O) groups is 1. The third kappa shape index (κ3) is 2.76. The average Bonchev–Trinajstić information content (AvgIpc) is 2.40. The van der Waals surface area contributed by atoms with Gasteiger partial charge in [0.05, 0.1) is 12.0 Å². The summed E-state index contributed by atoms with van der Waals surface area (Å²) in [5.74, 6) is -0.144. The van der Waals surface area contributed by atoms with Crippen LogP contribution in [0.3, 0.4) is 0 Å². The van der Waals surface area contributed by atoms with Gasteiger partial charge in [-0.1, -0.05) is 6.92 Å². The van der Waals surface area contributed by atoms with Crippen LogP contribution in [0.1, 0.15) is 24.6 Å². The van der Waals surface area contributed by atoms with Gasteiger partial charge in [-0.2, -0.15) is 0 Å². The van der Waals surface area contributed by atoms with Crippen molar-refractivity contribution in [2.45, 2.75) is 32.9 Å². The molecule has 0 atom stereocenters. The zero-order valence-electron chi connectivity index (χ0n) is 10.5. The third-order valence-electron chi connectivity index (χ3n) is 2.95. The fraction of sp³-hybridized carbons (Fsp3) is 0.583. The lowest BCUT2D eigenvalue weighted by Gasteiger charge is -2.16. The molecule has 0 radical (unpaired) electrons. The maximum atomic E-state index is 12.1. The minimum absolute atomic E-state index is 0.0482. The topological polar surface area (TPSA) is 76.0 Å². The molecular formula is C12H18N4O2. The molecule has 0 aromatic carbocycles. The van der Waals surface area contributed by atoms with Gasteiger partial charge in [-0.25, -0.2) is 4.98 Å². The standard InChI is InChI=1S/C12H18N4O2/c1-2-4-14-11(17)7-16-8-15-10-6-13-5-3-9(10)12(16)18/h8,13H,2-7H2,1H3,(H,14,17). The van der Waals surface area contributed by atoms with E-state index in [4.69, 9.17) is 0 Å². The molecule has 6 nitrogen and oxygen atoms in total. The van der Waals surface area contributed by atoms with Crippen molar-refractivity contribution in [1.29, 1.82) is 0 Å². The number of carbonyl (C=O) groups excluding carboxylic acids is 1. The zero-order valence-corrected chi connectivity index (χ0v) is 10.5. The quantitative estimate of drug-likeness (QED) is 0.749. The fourth-order valence-electron chi connectivity index (χ4n) is 1.98. The van der Waals surface area contributed by atoms with Gasteiger partial charge in [0.25, 0.3) is 5.56 Å². The first-order valence-electron chi connectivity index (χ1n) is 6.27. The number of aromatic nitrogens is 2. The number of nitrogens with one attached hydrogen (secondary N) is 2. The normalized spacial score (nSPS) is 14.1. The zero-order chi connectivity index (χ0) is 13.0. The van der Waals surface area contributed by atoms with Gasteiger partial charge in [0.2, 0.25) is 5.91 Å². The molecular weight excluding hydrogens is 232 g/mol. The minimum Gasteiger partial charge on any atom is -0.355 e. The van der Waals surface area contributed by atoms with Gasteiger partial charge in [-0.3, -0.25) is 14.2 Å². The Morgan fingerprint density at radius 1 is 1.61 bits per heavy atom. The molecule has 0 aliphatic carbocycles. The summed E-state index contributed by atoms with van der Waals surface area (Å²) in [6.45, 7) is 4.09. The number of amides is 1. The average molecular weight is 250 g/mol. The van der Waals surface area contributed by atoms with Crippen LogP contribution in [-0.4, -0.2) is 28.5 Å². The van der Waals surface area contributed by atoms with Gasteiger partial charge < -0.3 is 10.6 Å². The first-order chi connectivity index (χ1) is 8.72. The van der Waals surface area contributed by atoms with Crippen LogP contribution in [0.25, 0.3) is 0 Å². The summed E-state index contributed by atoms with van der Waals surface area (Å²) in [5, 5.41) is 5.92. The maximum absolute atomic E-state index is 12.1. The van der Waals surface area contributed by atoms with E-state index in [9.17, 15) is 9.59 Å². The monoisotopic (exact) mass is 250 g/mol. The molecule has 0 saturated heterocycles. The molecule has 0 bridgehead atoms. The van der Waals surface area contributed by atoms with Gasteiger partial charge in [0.1, 0.15) is 6.54 Å². The van der Waals surface area contributed by atoms with E-state index in [0.717, 1.165) is 24.2 Å². The Bertz CT molecular complexity index is 495. The molecule has 1 aromatic rings. The van der Waals surface area contributed by atoms with E-state index in [1.807, 2.05) is 6.92 Å². The van der Waals surface area contributed by atoms with Crippen molar-refractivity contribution in [3.8, 4) is 0 Å². The van der Waals surface area contributed by atoms with Crippen LogP contribution < -0.4 is 16.2 Å².